The molecule has 1 aliphatic rings. The lowest BCUT2D eigenvalue weighted by atomic mass is 9.90. The van der Waals surface area contributed by atoms with Crippen LogP contribution in [0.4, 0.5) is 0 Å². The second-order valence-electron chi connectivity index (χ2n) is 8.81. The Hall–Kier alpha value is -3.20. The molecule has 5 heteroatoms. The Morgan fingerprint density at radius 2 is 1.19 bits per heavy atom. The average molecular weight is 513 g/mol. The minimum absolute atomic E-state index is 0.0502. The summed E-state index contributed by atoms with van der Waals surface area (Å²) in [5.41, 5.74) is 3.57. The summed E-state index contributed by atoms with van der Waals surface area (Å²) in [7, 11) is 0.355. The molecule has 0 saturated heterocycles. The fraction of sp³-hybridized carbons (Fsp3) is 0.161. The van der Waals surface area contributed by atoms with Crippen LogP contribution in [0.2, 0.25) is 0 Å². The van der Waals surface area contributed by atoms with Gasteiger partial charge in [-0.2, -0.15) is 0 Å². The van der Waals surface area contributed by atoms with Gasteiger partial charge in [0.1, 0.15) is 11.5 Å². The van der Waals surface area contributed by atoms with Crippen LogP contribution in [0, 0.1) is 0 Å². The van der Waals surface area contributed by atoms with E-state index in [2.05, 4.69) is 29.7 Å². The third-order valence-corrected chi connectivity index (χ3v) is 12.3. The number of rotatable bonds is 7. The van der Waals surface area contributed by atoms with Crippen molar-refractivity contribution in [2.75, 3.05) is 14.2 Å². The first-order valence-corrected chi connectivity index (χ1v) is 14.7. The molecule has 0 spiro atoms. The van der Waals surface area contributed by atoms with E-state index >= 15 is 4.57 Å². The van der Waals surface area contributed by atoms with Gasteiger partial charge in [-0.25, -0.2) is 0 Å². The third kappa shape index (κ3) is 4.76. The molecule has 3 nitrogen and oxygen atoms in total. The topological polar surface area (TPSA) is 35.5 Å². The zero-order valence-corrected chi connectivity index (χ0v) is 22.1. The van der Waals surface area contributed by atoms with Crippen LogP contribution in [0.5, 0.6) is 11.5 Å². The van der Waals surface area contributed by atoms with Gasteiger partial charge >= 0.3 is 0 Å². The molecule has 4 aromatic carbocycles. The Kier molecular flexibility index (Phi) is 7.36. The van der Waals surface area contributed by atoms with Gasteiger partial charge in [-0.1, -0.05) is 84.9 Å². The molecular weight excluding hydrogens is 483 g/mol. The highest BCUT2D eigenvalue weighted by Gasteiger charge is 2.44. The molecule has 1 aliphatic heterocycles. The summed E-state index contributed by atoms with van der Waals surface area (Å²) in [5.74, 6) is 1.71. The molecule has 0 amide bonds. The molecule has 36 heavy (non-hydrogen) atoms. The monoisotopic (exact) mass is 512 g/mol. The van der Waals surface area contributed by atoms with Crippen LogP contribution in [0.25, 0.3) is 5.57 Å². The Labute approximate surface area is 217 Å². The first kappa shape index (κ1) is 24.5. The highest BCUT2D eigenvalue weighted by molar-refractivity contribution is 8.11. The molecule has 0 unspecified atom stereocenters. The average Bonchev–Trinajstić information content (AvgIpc) is 2.97. The summed E-state index contributed by atoms with van der Waals surface area (Å²) in [6, 6.07) is 36.4. The molecule has 0 aromatic heterocycles. The van der Waals surface area contributed by atoms with E-state index in [4.69, 9.17) is 9.47 Å². The Morgan fingerprint density at radius 3 is 1.69 bits per heavy atom. The number of allylic oxidation sites excluding steroid dienone is 1. The van der Waals surface area contributed by atoms with Crippen molar-refractivity contribution in [2.45, 2.75) is 17.3 Å². The predicted molar refractivity (Wildman–Crippen MR) is 152 cm³/mol. The summed E-state index contributed by atoms with van der Waals surface area (Å²) < 4.78 is 26.1. The smallest absolute Gasteiger partial charge is 0.156 e. The van der Waals surface area contributed by atoms with Crippen molar-refractivity contribution < 1.29 is 14.0 Å². The van der Waals surface area contributed by atoms with Crippen molar-refractivity contribution in [1.82, 2.24) is 0 Å². The molecule has 2 atom stereocenters. The molecule has 5 rings (SSSR count). The van der Waals surface area contributed by atoms with Gasteiger partial charge in [0.15, 0.2) is 7.14 Å². The van der Waals surface area contributed by atoms with Gasteiger partial charge in [-0.15, -0.1) is 11.8 Å². The lowest BCUT2D eigenvalue weighted by Crippen LogP contribution is -2.29. The minimum Gasteiger partial charge on any atom is -0.497 e. The number of methoxy groups -OCH3 is 2. The van der Waals surface area contributed by atoms with Gasteiger partial charge in [0.25, 0.3) is 0 Å². The zero-order valence-electron chi connectivity index (χ0n) is 20.4. The van der Waals surface area contributed by atoms with Gasteiger partial charge in [0.05, 0.1) is 19.2 Å². The molecule has 1 heterocycles. The maximum Gasteiger partial charge on any atom is 0.156 e. The van der Waals surface area contributed by atoms with Crippen molar-refractivity contribution in [2.24, 2.45) is 0 Å². The second kappa shape index (κ2) is 10.8. The third-order valence-electron chi connectivity index (χ3n) is 6.78. The van der Waals surface area contributed by atoms with E-state index in [1.165, 1.54) is 11.1 Å². The molecule has 182 valence electrons. The molecule has 0 bridgehead atoms. The summed E-state index contributed by atoms with van der Waals surface area (Å²) in [4.78, 5) is -0.141. The normalized spacial score (nSPS) is 17.8. The van der Waals surface area contributed by atoms with Crippen LogP contribution < -0.4 is 20.1 Å². The van der Waals surface area contributed by atoms with Crippen LogP contribution >= 0.6 is 18.9 Å². The number of thioether (sulfide) groups is 1. The standard InChI is InChI=1S/C31H29O3PS/c1-33-26-17-13-23(14-18-26)25-21-30(24-15-19-27(34-2)20-16-24)31(36-22-25)35(32,28-9-5-3-6-10-28)29-11-7-4-8-12-29/h3-20,22,30-31H,21H2,1-2H3/t30-,31+/m1/s1. The van der Waals surface area contributed by atoms with Crippen molar-refractivity contribution >= 4 is 35.1 Å². The van der Waals surface area contributed by atoms with E-state index in [-0.39, 0.29) is 10.9 Å². The van der Waals surface area contributed by atoms with Crippen LogP contribution in [0.1, 0.15) is 23.5 Å². The van der Waals surface area contributed by atoms with E-state index in [0.717, 1.165) is 34.1 Å². The minimum atomic E-state index is -3.00. The first-order chi connectivity index (χ1) is 17.6. The van der Waals surface area contributed by atoms with Gasteiger partial charge < -0.3 is 14.0 Å². The Morgan fingerprint density at radius 1 is 0.694 bits per heavy atom. The van der Waals surface area contributed by atoms with Crippen molar-refractivity contribution in [1.29, 1.82) is 0 Å². The van der Waals surface area contributed by atoms with Crippen LogP contribution in [0.3, 0.4) is 0 Å². The fourth-order valence-corrected chi connectivity index (χ4v) is 10.3. The molecule has 0 radical (unpaired) electrons. The summed E-state index contributed by atoms with van der Waals surface area (Å²) >= 11 is 1.70. The molecular formula is C31H29O3PS. The second-order valence-corrected chi connectivity index (χ2v) is 13.1. The van der Waals surface area contributed by atoms with E-state index in [1.54, 1.807) is 26.0 Å². The van der Waals surface area contributed by atoms with Crippen LogP contribution in [0.15, 0.2) is 115 Å². The number of hydrogen-bond acceptors (Lipinski definition) is 4. The van der Waals surface area contributed by atoms with E-state index < -0.39 is 7.14 Å². The summed E-state index contributed by atoms with van der Waals surface area (Å²) in [5, 5.41) is 4.01. The fourth-order valence-electron chi connectivity index (χ4n) is 4.84. The zero-order chi connectivity index (χ0) is 25.0. The summed E-state index contributed by atoms with van der Waals surface area (Å²) in [6.45, 7) is 0. The van der Waals surface area contributed by atoms with Crippen molar-refractivity contribution in [3.8, 4) is 11.5 Å². The number of benzene rings is 4. The van der Waals surface area contributed by atoms with E-state index in [1.807, 2.05) is 84.9 Å². The molecule has 0 saturated carbocycles. The lowest BCUT2D eigenvalue weighted by Gasteiger charge is -2.37. The molecule has 4 aromatic rings. The van der Waals surface area contributed by atoms with Gasteiger partial charge in [0.2, 0.25) is 0 Å². The SMILES string of the molecule is COc1ccc(C2=CS[C@H](P(=O)(c3ccccc3)c3ccccc3)[C@@H](c3ccc(OC)cc3)C2)cc1. The van der Waals surface area contributed by atoms with E-state index in [9.17, 15) is 0 Å². The highest BCUT2D eigenvalue weighted by atomic mass is 32.2. The van der Waals surface area contributed by atoms with Crippen molar-refractivity contribution in [3.63, 3.8) is 0 Å². The largest absolute Gasteiger partial charge is 0.497 e. The molecule has 0 aliphatic carbocycles. The molecule has 0 fully saturated rings. The van der Waals surface area contributed by atoms with Crippen LogP contribution in [-0.2, 0) is 4.57 Å². The van der Waals surface area contributed by atoms with Gasteiger partial charge in [0, 0.05) is 16.5 Å². The molecule has 0 N–H and O–H groups in total. The maximum absolute atomic E-state index is 15.3. The number of ether oxygens (including phenoxy) is 2. The van der Waals surface area contributed by atoms with Crippen molar-refractivity contribution in [3.05, 3.63) is 126 Å². The quantitative estimate of drug-likeness (QED) is 0.243. The highest BCUT2D eigenvalue weighted by Crippen LogP contribution is 2.62. The first-order valence-electron chi connectivity index (χ1n) is 12.0. The Bertz CT molecular complexity index is 1320. The lowest BCUT2D eigenvalue weighted by molar-refractivity contribution is 0.414. The van der Waals surface area contributed by atoms with Gasteiger partial charge in [-0.3, -0.25) is 0 Å². The predicted octanol–water partition coefficient (Wildman–Crippen LogP) is 7.31. The van der Waals surface area contributed by atoms with E-state index in [0.29, 0.717) is 0 Å². The Balaban J connectivity index is 1.64. The maximum atomic E-state index is 15.3. The number of hydrogen-bond donors (Lipinski definition) is 0. The van der Waals surface area contributed by atoms with Gasteiger partial charge in [-0.05, 0) is 52.8 Å². The van der Waals surface area contributed by atoms with Crippen LogP contribution in [-0.4, -0.2) is 19.2 Å². The summed E-state index contributed by atoms with van der Waals surface area (Å²) in [6.07, 6.45) is 0.792.